The highest BCUT2D eigenvalue weighted by atomic mass is 32.2. The van der Waals surface area contributed by atoms with E-state index in [1.807, 2.05) is 0 Å². The summed E-state index contributed by atoms with van der Waals surface area (Å²) < 4.78 is 41.6. The summed E-state index contributed by atoms with van der Waals surface area (Å²) in [4.78, 5) is 77.1. The monoisotopic (exact) mass is 805 g/mol. The number of fused-ring (bicyclic) bond motifs is 5. The first kappa shape index (κ1) is 39.6. The van der Waals surface area contributed by atoms with E-state index in [-0.39, 0.29) is 61.2 Å². The van der Waals surface area contributed by atoms with Crippen LogP contribution in [-0.2, 0) is 40.5 Å². The molecule has 0 spiro atoms. The zero-order valence-electron chi connectivity index (χ0n) is 32.8. The maximum atomic E-state index is 14.9. The van der Waals surface area contributed by atoms with Crippen molar-refractivity contribution < 1.29 is 37.1 Å². The van der Waals surface area contributed by atoms with Crippen LogP contribution in [0.15, 0.2) is 41.7 Å². The average molecular weight is 806 g/mol. The van der Waals surface area contributed by atoms with Gasteiger partial charge in [-0.15, -0.1) is 6.58 Å². The normalized spacial score (nSPS) is 31.9. The van der Waals surface area contributed by atoms with Gasteiger partial charge in [-0.1, -0.05) is 43.9 Å². The number of hydrogen-bond donors (Lipinski definition) is 2. The molecule has 6 aliphatic rings. The van der Waals surface area contributed by atoms with Crippen molar-refractivity contribution in [2.75, 3.05) is 6.54 Å². The molecule has 2 N–H and O–H groups in total. The lowest BCUT2D eigenvalue weighted by molar-refractivity contribution is -0.156. The van der Waals surface area contributed by atoms with Gasteiger partial charge < -0.3 is 19.7 Å². The molecule has 1 saturated heterocycles. The van der Waals surface area contributed by atoms with Crippen LogP contribution < -0.4 is 20.3 Å². The Hall–Kier alpha value is -4.27. The lowest BCUT2D eigenvalue weighted by atomic mass is 9.86. The fraction of sp³-hybridized carbons (Fsp3) is 0.667. The van der Waals surface area contributed by atoms with Gasteiger partial charge in [-0.25, -0.2) is 8.42 Å². The van der Waals surface area contributed by atoms with Crippen LogP contribution in [0.25, 0.3) is 10.9 Å². The number of aromatic nitrogens is 2. The van der Waals surface area contributed by atoms with Gasteiger partial charge in [0.1, 0.15) is 23.8 Å². The number of amides is 3. The molecule has 5 fully saturated rings. The number of nitrogens with one attached hydrogen (secondary N) is 2. The second-order valence-electron chi connectivity index (χ2n) is 17.7. The molecular formula is C42H55N5O9S. The highest BCUT2D eigenvalue weighted by molar-refractivity contribution is 7.91. The van der Waals surface area contributed by atoms with Crippen molar-refractivity contribution in [3.05, 3.63) is 47.3 Å². The second-order valence-corrected chi connectivity index (χ2v) is 19.9. The van der Waals surface area contributed by atoms with E-state index in [2.05, 4.69) is 16.6 Å². The Balaban J connectivity index is 1.13. The third kappa shape index (κ3) is 7.72. The van der Waals surface area contributed by atoms with Crippen molar-refractivity contribution in [1.29, 1.82) is 0 Å². The van der Waals surface area contributed by atoms with Gasteiger partial charge in [0.15, 0.2) is 0 Å². The van der Waals surface area contributed by atoms with E-state index in [1.165, 1.54) is 11.0 Å². The number of hydrogen-bond acceptors (Lipinski definition) is 10. The molecule has 4 aliphatic carbocycles. The van der Waals surface area contributed by atoms with Crippen LogP contribution in [0.4, 0.5) is 0 Å². The molecule has 4 saturated carbocycles. The summed E-state index contributed by atoms with van der Waals surface area (Å²) in [5.74, 6) is -3.34. The molecule has 0 radical (unpaired) electrons. The summed E-state index contributed by atoms with van der Waals surface area (Å²) in [6.45, 7) is 5.73. The summed E-state index contributed by atoms with van der Waals surface area (Å²) in [5.41, 5.74) is -1.33. The Morgan fingerprint density at radius 1 is 0.947 bits per heavy atom. The molecule has 15 heteroatoms. The number of nitrogens with zero attached hydrogens (tertiary/aromatic N) is 3. The van der Waals surface area contributed by atoms with Gasteiger partial charge in [0.05, 0.1) is 34.5 Å². The van der Waals surface area contributed by atoms with Crippen LogP contribution in [0.3, 0.4) is 0 Å². The highest BCUT2D eigenvalue weighted by Gasteiger charge is 2.63. The molecule has 57 heavy (non-hydrogen) atoms. The zero-order chi connectivity index (χ0) is 40.1. The summed E-state index contributed by atoms with van der Waals surface area (Å²) >= 11 is 0. The summed E-state index contributed by atoms with van der Waals surface area (Å²) in [6.07, 6.45) is 10.9. The van der Waals surface area contributed by atoms with Crippen molar-refractivity contribution in [2.24, 2.45) is 23.7 Å². The molecule has 8 rings (SSSR count). The minimum absolute atomic E-state index is 0.0126. The van der Waals surface area contributed by atoms with E-state index in [0.29, 0.717) is 36.7 Å². The first-order valence-electron chi connectivity index (χ1n) is 21.0. The number of carbonyl (C=O) groups excluding carboxylic acids is 4. The summed E-state index contributed by atoms with van der Waals surface area (Å²) in [5, 5.41) is 3.32. The third-order valence-electron chi connectivity index (χ3n) is 13.8. The van der Waals surface area contributed by atoms with Crippen molar-refractivity contribution in [3.63, 3.8) is 0 Å². The van der Waals surface area contributed by atoms with Crippen LogP contribution in [0.1, 0.15) is 110 Å². The fourth-order valence-corrected chi connectivity index (χ4v) is 11.2. The highest BCUT2D eigenvalue weighted by Crippen LogP contribution is 2.47. The Bertz CT molecular complexity index is 2110. The zero-order valence-corrected chi connectivity index (χ0v) is 33.6. The van der Waals surface area contributed by atoms with E-state index in [1.54, 1.807) is 35.8 Å². The van der Waals surface area contributed by atoms with Crippen LogP contribution in [0.5, 0.6) is 6.01 Å². The number of esters is 1. The number of sulfonamides is 1. The molecular weight excluding hydrogens is 751 g/mol. The van der Waals surface area contributed by atoms with Crippen LogP contribution in [-0.4, -0.2) is 81.6 Å². The Labute approximate surface area is 333 Å². The Morgan fingerprint density at radius 3 is 2.40 bits per heavy atom. The first-order chi connectivity index (χ1) is 27.3. The predicted molar refractivity (Wildman–Crippen MR) is 210 cm³/mol. The van der Waals surface area contributed by atoms with Crippen molar-refractivity contribution >= 4 is 44.6 Å². The number of para-hydroxylation sites is 1. The molecule has 2 aromatic rings. The van der Waals surface area contributed by atoms with Gasteiger partial charge in [-0.3, -0.25) is 33.3 Å². The minimum Gasteiger partial charge on any atom is -0.462 e. The van der Waals surface area contributed by atoms with Gasteiger partial charge in [-0.05, 0) is 95.1 Å². The maximum Gasteiger partial charge on any atom is 0.306 e. The van der Waals surface area contributed by atoms with Crippen molar-refractivity contribution in [2.45, 2.75) is 145 Å². The molecule has 3 amide bonds. The molecule has 2 bridgehead atoms. The average Bonchev–Trinajstić information content (AvgIpc) is 3.81. The quantitative estimate of drug-likeness (QED) is 0.303. The SMILES string of the molecule is C=C[C@H]1C[C@]1(NC(=O)[C@@H]1C[C@@H]2CN1C(=O)[C@H](C1CCCC1)CC(=O)O[C@@H]1CCC[C@H]1CCCCCn1c(nc3ccccc3c1=O)O2)C(=O)NS(=O)(=O)C1(C)CC1. The van der Waals surface area contributed by atoms with Crippen LogP contribution in [0, 0.1) is 23.7 Å². The minimum atomic E-state index is -4.00. The van der Waals surface area contributed by atoms with Gasteiger partial charge in [0, 0.05) is 18.9 Å². The van der Waals surface area contributed by atoms with Gasteiger partial charge >= 0.3 is 5.97 Å². The first-order valence-corrected chi connectivity index (χ1v) is 22.5. The summed E-state index contributed by atoms with van der Waals surface area (Å²) in [7, 11) is -4.00. The standard InChI is InChI=1S/C42H55N5O9S/c1-3-28-24-42(28,39(52)45-57(53,54)41(2)19-20-41)44-36(49)33-22-29-25-47(33)38(51)31(26-12-6-7-13-26)23-35(48)56-34-18-11-15-27(34)14-5-4-10-21-46-37(50)30-16-8-9-17-32(30)43-40(46)55-29/h3,8-9,16-17,26-29,31,33-34H,1,4-7,10-15,18-25H2,2H3,(H,44,49)(H,45,52)/t27-,28+,29-,31+,33+,34-,42-/m1/s1. The predicted octanol–water partition coefficient (Wildman–Crippen LogP) is 4.29. The summed E-state index contributed by atoms with van der Waals surface area (Å²) in [6, 6.07) is 6.05. The fourth-order valence-electron chi connectivity index (χ4n) is 9.84. The molecule has 308 valence electrons. The molecule has 1 aromatic heterocycles. The van der Waals surface area contributed by atoms with Crippen molar-refractivity contribution in [1.82, 2.24) is 24.5 Å². The van der Waals surface area contributed by atoms with Gasteiger partial charge in [0.2, 0.25) is 21.8 Å². The van der Waals surface area contributed by atoms with Crippen LogP contribution in [0.2, 0.25) is 0 Å². The number of carbonyl (C=O) groups is 4. The number of benzene rings is 1. The molecule has 7 atom stereocenters. The lowest BCUT2D eigenvalue weighted by Gasteiger charge is -2.32. The van der Waals surface area contributed by atoms with E-state index in [4.69, 9.17) is 14.5 Å². The van der Waals surface area contributed by atoms with E-state index >= 15 is 0 Å². The number of ether oxygens (including phenoxy) is 2. The maximum absolute atomic E-state index is 14.9. The lowest BCUT2D eigenvalue weighted by Crippen LogP contribution is -2.57. The Morgan fingerprint density at radius 2 is 1.67 bits per heavy atom. The van der Waals surface area contributed by atoms with Crippen LogP contribution >= 0.6 is 0 Å². The van der Waals surface area contributed by atoms with E-state index < -0.39 is 62.1 Å². The topological polar surface area (TPSA) is 183 Å². The molecule has 0 unspecified atom stereocenters. The van der Waals surface area contributed by atoms with Crippen molar-refractivity contribution in [3.8, 4) is 6.01 Å². The third-order valence-corrected chi connectivity index (χ3v) is 16.0. The largest absolute Gasteiger partial charge is 0.462 e. The molecule has 1 aromatic carbocycles. The number of rotatable bonds is 7. The Kier molecular flexibility index (Phi) is 10.7. The molecule has 14 nitrogen and oxygen atoms in total. The van der Waals surface area contributed by atoms with E-state index in [0.717, 1.165) is 64.2 Å². The molecule has 3 heterocycles. The molecule has 2 aliphatic heterocycles. The van der Waals surface area contributed by atoms with Gasteiger partial charge in [-0.2, -0.15) is 4.98 Å². The second kappa shape index (κ2) is 15.5. The van der Waals surface area contributed by atoms with Gasteiger partial charge in [0.25, 0.3) is 17.5 Å². The smallest absolute Gasteiger partial charge is 0.306 e. The van der Waals surface area contributed by atoms with E-state index in [9.17, 15) is 32.4 Å².